The first kappa shape index (κ1) is 17.0. The fourth-order valence-electron chi connectivity index (χ4n) is 3.15. The van der Waals surface area contributed by atoms with E-state index in [9.17, 15) is 0 Å². The van der Waals surface area contributed by atoms with Crippen molar-refractivity contribution in [1.29, 1.82) is 0 Å². The van der Waals surface area contributed by atoms with Gasteiger partial charge in [-0.05, 0) is 63.8 Å². The number of hydrogen-bond donors (Lipinski definition) is 1. The summed E-state index contributed by atoms with van der Waals surface area (Å²) in [5.41, 5.74) is 7.10. The average molecular weight is 268 g/mol. The van der Waals surface area contributed by atoms with Crippen LogP contribution in [0.5, 0.6) is 0 Å². The van der Waals surface area contributed by atoms with Crippen LogP contribution in [0.2, 0.25) is 0 Å². The van der Waals surface area contributed by atoms with Gasteiger partial charge in [-0.15, -0.1) is 0 Å². The molecule has 2 N–H and O–H groups in total. The second-order valence-corrected chi connectivity index (χ2v) is 8.35. The van der Waals surface area contributed by atoms with Crippen LogP contribution >= 0.6 is 0 Å². The van der Waals surface area contributed by atoms with Crippen molar-refractivity contribution in [3.8, 4) is 0 Å². The molecule has 0 aromatic rings. The molecule has 1 aliphatic rings. The Morgan fingerprint density at radius 3 is 2.16 bits per heavy atom. The van der Waals surface area contributed by atoms with Crippen LogP contribution in [-0.4, -0.2) is 30.1 Å². The SMILES string of the molecule is CCC(C)(C)N(C)CC1CC(C(C)(C)C)CCC1N. The zero-order chi connectivity index (χ0) is 14.8. The molecule has 0 spiro atoms. The standard InChI is InChI=1S/C17H36N2/c1-8-17(5,6)19(7)12-13-11-14(16(2,3)4)9-10-15(13)18/h13-15H,8-12,18H2,1-7H3. The minimum atomic E-state index is 0.286. The third-order valence-electron chi connectivity index (χ3n) is 5.67. The molecule has 0 radical (unpaired) electrons. The molecule has 0 saturated heterocycles. The first-order chi connectivity index (χ1) is 8.58. The van der Waals surface area contributed by atoms with Crippen LogP contribution in [-0.2, 0) is 0 Å². The first-order valence-corrected chi connectivity index (χ1v) is 8.04. The Labute approximate surface area is 121 Å². The maximum absolute atomic E-state index is 6.39. The normalized spacial score (nSPS) is 29.8. The summed E-state index contributed by atoms with van der Waals surface area (Å²) in [4.78, 5) is 2.52. The second-order valence-electron chi connectivity index (χ2n) is 8.35. The van der Waals surface area contributed by atoms with E-state index in [2.05, 4.69) is 53.5 Å². The second kappa shape index (κ2) is 6.13. The minimum Gasteiger partial charge on any atom is -0.327 e. The number of nitrogens with two attached hydrogens (primary N) is 1. The van der Waals surface area contributed by atoms with Crippen LogP contribution in [0.3, 0.4) is 0 Å². The molecule has 2 nitrogen and oxygen atoms in total. The van der Waals surface area contributed by atoms with Crippen molar-refractivity contribution in [3.63, 3.8) is 0 Å². The average Bonchev–Trinajstić information content (AvgIpc) is 2.30. The molecular weight excluding hydrogens is 232 g/mol. The lowest BCUT2D eigenvalue weighted by molar-refractivity contribution is 0.0699. The zero-order valence-corrected chi connectivity index (χ0v) is 14.3. The summed E-state index contributed by atoms with van der Waals surface area (Å²) in [5, 5.41) is 0. The third-order valence-corrected chi connectivity index (χ3v) is 5.67. The quantitative estimate of drug-likeness (QED) is 0.838. The highest BCUT2D eigenvalue weighted by molar-refractivity contribution is 4.90. The molecule has 114 valence electrons. The molecule has 1 rings (SSSR count). The minimum absolute atomic E-state index is 0.286. The van der Waals surface area contributed by atoms with Crippen molar-refractivity contribution in [2.75, 3.05) is 13.6 Å². The van der Waals surface area contributed by atoms with Gasteiger partial charge in [0.15, 0.2) is 0 Å². The van der Waals surface area contributed by atoms with Gasteiger partial charge >= 0.3 is 0 Å². The molecule has 3 unspecified atom stereocenters. The third kappa shape index (κ3) is 4.46. The van der Waals surface area contributed by atoms with Gasteiger partial charge in [-0.25, -0.2) is 0 Å². The van der Waals surface area contributed by atoms with Crippen LogP contribution in [0.4, 0.5) is 0 Å². The van der Waals surface area contributed by atoms with Gasteiger partial charge < -0.3 is 10.6 Å². The van der Waals surface area contributed by atoms with E-state index in [4.69, 9.17) is 5.73 Å². The van der Waals surface area contributed by atoms with E-state index in [-0.39, 0.29) is 5.54 Å². The predicted octanol–water partition coefficient (Wildman–Crippen LogP) is 3.90. The van der Waals surface area contributed by atoms with Crippen molar-refractivity contribution in [1.82, 2.24) is 4.90 Å². The van der Waals surface area contributed by atoms with Gasteiger partial charge in [0, 0.05) is 18.1 Å². The van der Waals surface area contributed by atoms with Gasteiger partial charge in [-0.1, -0.05) is 27.7 Å². The molecule has 19 heavy (non-hydrogen) atoms. The molecule has 1 fully saturated rings. The van der Waals surface area contributed by atoms with Crippen LogP contribution in [0.15, 0.2) is 0 Å². The highest BCUT2D eigenvalue weighted by Crippen LogP contribution is 2.40. The summed E-state index contributed by atoms with van der Waals surface area (Å²) in [6.07, 6.45) is 5.00. The van der Waals surface area contributed by atoms with Crippen LogP contribution in [0.1, 0.15) is 67.2 Å². The van der Waals surface area contributed by atoms with Crippen molar-refractivity contribution < 1.29 is 0 Å². The molecular formula is C17H36N2. The van der Waals surface area contributed by atoms with Crippen molar-refractivity contribution >= 4 is 0 Å². The summed E-state index contributed by atoms with van der Waals surface area (Å²) in [6, 6.07) is 0.397. The van der Waals surface area contributed by atoms with E-state index in [1.165, 1.54) is 25.7 Å². The lowest BCUT2D eigenvalue weighted by Crippen LogP contribution is -2.49. The van der Waals surface area contributed by atoms with Crippen LogP contribution in [0.25, 0.3) is 0 Å². The monoisotopic (exact) mass is 268 g/mol. The Bertz CT molecular complexity index is 277. The molecule has 0 aromatic carbocycles. The first-order valence-electron chi connectivity index (χ1n) is 8.04. The highest BCUT2D eigenvalue weighted by Gasteiger charge is 2.36. The van der Waals surface area contributed by atoms with Gasteiger partial charge in [-0.3, -0.25) is 0 Å². The van der Waals surface area contributed by atoms with Crippen molar-refractivity contribution in [2.24, 2.45) is 23.0 Å². The summed E-state index contributed by atoms with van der Waals surface area (Å²) in [6.45, 7) is 15.2. The molecule has 0 aromatic heterocycles. The van der Waals surface area contributed by atoms with E-state index in [1.54, 1.807) is 0 Å². The molecule has 0 amide bonds. The zero-order valence-electron chi connectivity index (χ0n) is 14.3. The van der Waals surface area contributed by atoms with Gasteiger partial charge in [-0.2, -0.15) is 0 Å². The maximum Gasteiger partial charge on any atom is 0.0147 e. The summed E-state index contributed by atoms with van der Waals surface area (Å²) in [7, 11) is 2.26. The molecule has 3 atom stereocenters. The number of rotatable bonds is 4. The number of hydrogen-bond acceptors (Lipinski definition) is 2. The Hall–Kier alpha value is -0.0800. The summed E-state index contributed by atoms with van der Waals surface area (Å²) < 4.78 is 0. The van der Waals surface area contributed by atoms with Gasteiger partial charge in [0.05, 0.1) is 0 Å². The van der Waals surface area contributed by atoms with Gasteiger partial charge in [0.2, 0.25) is 0 Å². The molecule has 0 bridgehead atoms. The van der Waals surface area contributed by atoms with E-state index >= 15 is 0 Å². The van der Waals surface area contributed by atoms with Gasteiger partial charge in [0.1, 0.15) is 0 Å². The lowest BCUT2D eigenvalue weighted by atomic mass is 9.67. The maximum atomic E-state index is 6.39. The van der Waals surface area contributed by atoms with Crippen molar-refractivity contribution in [2.45, 2.75) is 78.8 Å². The molecule has 0 aliphatic heterocycles. The Morgan fingerprint density at radius 1 is 1.11 bits per heavy atom. The van der Waals surface area contributed by atoms with Crippen molar-refractivity contribution in [3.05, 3.63) is 0 Å². The van der Waals surface area contributed by atoms with E-state index in [0.717, 1.165) is 12.5 Å². The molecule has 1 aliphatic carbocycles. The fourth-order valence-corrected chi connectivity index (χ4v) is 3.15. The largest absolute Gasteiger partial charge is 0.327 e. The van der Waals surface area contributed by atoms with Crippen LogP contribution < -0.4 is 5.73 Å². The van der Waals surface area contributed by atoms with Gasteiger partial charge in [0.25, 0.3) is 0 Å². The van der Waals surface area contributed by atoms with E-state index in [0.29, 0.717) is 17.4 Å². The van der Waals surface area contributed by atoms with E-state index < -0.39 is 0 Å². The molecule has 2 heteroatoms. The van der Waals surface area contributed by atoms with E-state index in [1.807, 2.05) is 0 Å². The summed E-state index contributed by atoms with van der Waals surface area (Å²) >= 11 is 0. The Morgan fingerprint density at radius 2 is 1.68 bits per heavy atom. The predicted molar refractivity (Wildman–Crippen MR) is 85.3 cm³/mol. The topological polar surface area (TPSA) is 29.3 Å². The number of nitrogens with zero attached hydrogens (tertiary/aromatic N) is 1. The summed E-state index contributed by atoms with van der Waals surface area (Å²) in [5.74, 6) is 1.49. The smallest absolute Gasteiger partial charge is 0.0147 e. The highest BCUT2D eigenvalue weighted by atomic mass is 15.2. The lowest BCUT2D eigenvalue weighted by Gasteiger charge is -2.44. The Kier molecular flexibility index (Phi) is 5.48. The molecule has 0 heterocycles. The fraction of sp³-hybridized carbons (Fsp3) is 1.00. The molecule has 1 saturated carbocycles. The Balaban J connectivity index is 2.65. The van der Waals surface area contributed by atoms with Crippen LogP contribution in [0, 0.1) is 17.3 Å².